The molecule has 1 fully saturated rings. The van der Waals surface area contributed by atoms with Crippen molar-refractivity contribution < 1.29 is 0 Å². The zero-order chi connectivity index (χ0) is 10.7. The van der Waals surface area contributed by atoms with Crippen LogP contribution in [0.2, 0.25) is 0 Å². The Morgan fingerprint density at radius 2 is 2.07 bits per heavy atom. The topological polar surface area (TPSA) is 0 Å². The summed E-state index contributed by atoms with van der Waals surface area (Å²) in [5.74, 6) is 2.33. The van der Waals surface area contributed by atoms with E-state index in [1.165, 1.54) is 29.3 Å². The third kappa shape index (κ3) is 2.76. The van der Waals surface area contributed by atoms with Gasteiger partial charge in [-0.25, -0.2) is 0 Å². The van der Waals surface area contributed by atoms with Gasteiger partial charge in [-0.2, -0.15) is 0 Å². The summed E-state index contributed by atoms with van der Waals surface area (Å²) in [6, 6.07) is 8.47. The van der Waals surface area contributed by atoms with Crippen molar-refractivity contribution in [1.82, 2.24) is 0 Å². The highest BCUT2D eigenvalue weighted by molar-refractivity contribution is 9.10. The van der Waals surface area contributed by atoms with E-state index in [0.717, 1.165) is 18.2 Å². The molecular weight excluding hydrogens is 272 g/mol. The SMILES string of the molecule is ClCC(Cc1ccccc1Br)C1CCC1. The smallest absolute Gasteiger partial charge is 0.0257 e. The quantitative estimate of drug-likeness (QED) is 0.707. The van der Waals surface area contributed by atoms with Crippen LogP contribution < -0.4 is 0 Å². The Labute approximate surface area is 105 Å². The molecule has 1 aromatic rings. The molecule has 0 spiro atoms. The molecule has 82 valence electrons. The summed E-state index contributed by atoms with van der Waals surface area (Å²) in [6.45, 7) is 0. The molecule has 0 aliphatic heterocycles. The van der Waals surface area contributed by atoms with Crippen LogP contribution in [0, 0.1) is 11.8 Å². The third-order valence-electron chi connectivity index (χ3n) is 3.45. The second-order valence-corrected chi connectivity index (χ2v) is 5.56. The Kier molecular flexibility index (Phi) is 4.10. The fraction of sp³-hybridized carbons (Fsp3) is 0.538. The van der Waals surface area contributed by atoms with Crippen molar-refractivity contribution in [2.24, 2.45) is 11.8 Å². The first-order chi connectivity index (χ1) is 7.31. The lowest BCUT2D eigenvalue weighted by Gasteiger charge is -2.32. The van der Waals surface area contributed by atoms with Gasteiger partial charge < -0.3 is 0 Å². The van der Waals surface area contributed by atoms with E-state index in [2.05, 4.69) is 40.2 Å². The highest BCUT2D eigenvalue weighted by Gasteiger charge is 2.26. The fourth-order valence-electron chi connectivity index (χ4n) is 2.20. The van der Waals surface area contributed by atoms with Gasteiger partial charge in [-0.1, -0.05) is 53.4 Å². The van der Waals surface area contributed by atoms with E-state index in [1.54, 1.807) is 0 Å². The molecule has 0 nitrogen and oxygen atoms in total. The third-order valence-corrected chi connectivity index (χ3v) is 4.62. The van der Waals surface area contributed by atoms with E-state index in [-0.39, 0.29) is 0 Å². The van der Waals surface area contributed by atoms with Gasteiger partial charge in [0.05, 0.1) is 0 Å². The molecule has 0 bridgehead atoms. The summed E-state index contributed by atoms with van der Waals surface area (Å²) in [7, 11) is 0. The van der Waals surface area contributed by atoms with E-state index in [1.807, 2.05) is 0 Å². The number of rotatable bonds is 4. The minimum absolute atomic E-state index is 0.666. The average Bonchev–Trinajstić information content (AvgIpc) is 2.17. The molecule has 0 N–H and O–H groups in total. The molecule has 0 heterocycles. The maximum absolute atomic E-state index is 6.06. The van der Waals surface area contributed by atoms with Crippen LogP contribution in [0.1, 0.15) is 24.8 Å². The number of benzene rings is 1. The van der Waals surface area contributed by atoms with Crippen molar-refractivity contribution in [2.75, 3.05) is 5.88 Å². The van der Waals surface area contributed by atoms with Gasteiger partial charge in [-0.05, 0) is 29.9 Å². The number of hydrogen-bond donors (Lipinski definition) is 0. The number of alkyl halides is 1. The van der Waals surface area contributed by atoms with Crippen LogP contribution in [0.5, 0.6) is 0 Å². The lowest BCUT2D eigenvalue weighted by Crippen LogP contribution is -2.25. The maximum atomic E-state index is 6.06. The molecule has 1 saturated carbocycles. The van der Waals surface area contributed by atoms with E-state index >= 15 is 0 Å². The van der Waals surface area contributed by atoms with Crippen molar-refractivity contribution in [2.45, 2.75) is 25.7 Å². The second-order valence-electron chi connectivity index (χ2n) is 4.40. The molecular formula is C13H16BrCl. The van der Waals surface area contributed by atoms with Crippen LogP contribution in [0.25, 0.3) is 0 Å². The molecule has 0 radical (unpaired) electrons. The van der Waals surface area contributed by atoms with Crippen LogP contribution in [0.15, 0.2) is 28.7 Å². The molecule has 1 aromatic carbocycles. The van der Waals surface area contributed by atoms with Crippen LogP contribution in [0.3, 0.4) is 0 Å². The van der Waals surface area contributed by atoms with Gasteiger partial charge >= 0.3 is 0 Å². The minimum atomic E-state index is 0.666. The van der Waals surface area contributed by atoms with E-state index in [0.29, 0.717) is 5.92 Å². The monoisotopic (exact) mass is 286 g/mol. The van der Waals surface area contributed by atoms with Crippen molar-refractivity contribution in [3.05, 3.63) is 34.3 Å². The molecule has 1 aliphatic rings. The van der Waals surface area contributed by atoms with Gasteiger partial charge in [0.25, 0.3) is 0 Å². The summed E-state index contributed by atoms with van der Waals surface area (Å²) in [4.78, 5) is 0. The highest BCUT2D eigenvalue weighted by atomic mass is 79.9. The minimum Gasteiger partial charge on any atom is -0.126 e. The summed E-state index contributed by atoms with van der Waals surface area (Å²) in [5, 5.41) is 0. The predicted octanol–water partition coefficient (Wildman–Crippen LogP) is 4.65. The predicted molar refractivity (Wildman–Crippen MR) is 69.4 cm³/mol. The first-order valence-corrected chi connectivity index (χ1v) is 6.93. The molecule has 0 amide bonds. The summed E-state index contributed by atoms with van der Waals surface area (Å²) >= 11 is 9.66. The van der Waals surface area contributed by atoms with Crippen LogP contribution in [0.4, 0.5) is 0 Å². The molecule has 2 rings (SSSR count). The Hall–Kier alpha value is -0.0100. The number of hydrogen-bond acceptors (Lipinski definition) is 0. The van der Waals surface area contributed by atoms with Crippen molar-refractivity contribution in [3.63, 3.8) is 0 Å². The summed E-state index contributed by atoms with van der Waals surface area (Å²) < 4.78 is 1.22. The van der Waals surface area contributed by atoms with E-state index in [9.17, 15) is 0 Å². The van der Waals surface area contributed by atoms with Gasteiger partial charge in [0.1, 0.15) is 0 Å². The lowest BCUT2D eigenvalue weighted by atomic mass is 9.74. The van der Waals surface area contributed by atoms with Crippen LogP contribution >= 0.6 is 27.5 Å². The van der Waals surface area contributed by atoms with E-state index < -0.39 is 0 Å². The van der Waals surface area contributed by atoms with Gasteiger partial charge in [-0.15, -0.1) is 11.6 Å². The highest BCUT2D eigenvalue weighted by Crippen LogP contribution is 2.36. The Morgan fingerprint density at radius 1 is 1.33 bits per heavy atom. The van der Waals surface area contributed by atoms with Gasteiger partial charge in [0.15, 0.2) is 0 Å². The molecule has 1 atom stereocenters. The van der Waals surface area contributed by atoms with Gasteiger partial charge in [0, 0.05) is 10.4 Å². The molecule has 0 saturated heterocycles. The zero-order valence-electron chi connectivity index (χ0n) is 8.76. The van der Waals surface area contributed by atoms with Crippen LogP contribution in [-0.4, -0.2) is 5.88 Å². The van der Waals surface area contributed by atoms with Crippen molar-refractivity contribution in [3.8, 4) is 0 Å². The largest absolute Gasteiger partial charge is 0.126 e. The van der Waals surface area contributed by atoms with Gasteiger partial charge in [0.2, 0.25) is 0 Å². The number of halogens is 2. The molecule has 1 aliphatic carbocycles. The summed E-state index contributed by atoms with van der Waals surface area (Å²) in [6.07, 6.45) is 5.27. The molecule has 15 heavy (non-hydrogen) atoms. The fourth-order valence-corrected chi connectivity index (χ4v) is 3.01. The standard InChI is InChI=1S/C13H16BrCl/c14-13-7-2-1-4-11(13)8-12(9-15)10-5-3-6-10/h1-2,4,7,10,12H,3,5-6,8-9H2. The second kappa shape index (κ2) is 5.36. The molecule has 2 heteroatoms. The Bertz CT molecular complexity index is 320. The first-order valence-electron chi connectivity index (χ1n) is 5.60. The first kappa shape index (κ1) is 11.5. The zero-order valence-corrected chi connectivity index (χ0v) is 11.1. The summed E-state index contributed by atoms with van der Waals surface area (Å²) in [5.41, 5.74) is 1.40. The Balaban J connectivity index is 2.02. The maximum Gasteiger partial charge on any atom is 0.0257 e. The molecule has 1 unspecified atom stereocenters. The van der Waals surface area contributed by atoms with Crippen LogP contribution in [-0.2, 0) is 6.42 Å². The normalized spacial score (nSPS) is 18.5. The molecule has 0 aromatic heterocycles. The van der Waals surface area contributed by atoms with Crippen molar-refractivity contribution in [1.29, 1.82) is 0 Å². The van der Waals surface area contributed by atoms with Crippen molar-refractivity contribution >= 4 is 27.5 Å². The Morgan fingerprint density at radius 3 is 2.60 bits per heavy atom. The van der Waals surface area contributed by atoms with E-state index in [4.69, 9.17) is 11.6 Å². The van der Waals surface area contributed by atoms with Gasteiger partial charge in [-0.3, -0.25) is 0 Å². The lowest BCUT2D eigenvalue weighted by molar-refractivity contribution is 0.222. The average molecular weight is 288 g/mol.